The molecule has 0 bridgehead atoms. The Labute approximate surface area is 142 Å². The molecule has 0 atom stereocenters. The molecule has 122 valence electrons. The number of aromatic nitrogens is 2. The Bertz CT molecular complexity index is 791. The third-order valence-electron chi connectivity index (χ3n) is 4.40. The molecule has 4 heteroatoms. The highest BCUT2D eigenvalue weighted by Gasteiger charge is 2.30. The summed E-state index contributed by atoms with van der Waals surface area (Å²) >= 11 is 0. The molecule has 4 nitrogen and oxygen atoms in total. The lowest BCUT2D eigenvalue weighted by Crippen LogP contribution is -2.25. The number of nitrogens with zero attached hydrogens (tertiary/aromatic N) is 3. The second-order valence-electron chi connectivity index (χ2n) is 6.49. The summed E-state index contributed by atoms with van der Waals surface area (Å²) in [6, 6.07) is 19.3. The van der Waals surface area contributed by atoms with Crippen molar-refractivity contribution in [2.45, 2.75) is 38.9 Å². The monoisotopic (exact) mass is 319 g/mol. The van der Waals surface area contributed by atoms with Crippen molar-refractivity contribution in [3.63, 3.8) is 0 Å². The van der Waals surface area contributed by atoms with Gasteiger partial charge in [0.25, 0.3) is 0 Å². The second-order valence-corrected chi connectivity index (χ2v) is 6.49. The molecule has 1 aliphatic carbocycles. The Morgan fingerprint density at radius 2 is 1.71 bits per heavy atom. The molecule has 0 aliphatic heterocycles. The normalized spacial score (nSPS) is 14.2. The molecule has 1 heterocycles. The predicted molar refractivity (Wildman–Crippen MR) is 93.2 cm³/mol. The van der Waals surface area contributed by atoms with Crippen molar-refractivity contribution in [1.82, 2.24) is 15.1 Å². The van der Waals surface area contributed by atoms with E-state index in [9.17, 15) is 0 Å². The second kappa shape index (κ2) is 6.57. The standard InChI is InChI=1S/C20H21N3O/c1-15-7-9-16(10-8-15)13-23(18-11-12-18)14-19-21-22-20(24-19)17-5-3-2-4-6-17/h2-10,18H,11-14H2,1H3. The maximum atomic E-state index is 5.87. The highest BCUT2D eigenvalue weighted by molar-refractivity contribution is 5.51. The summed E-state index contributed by atoms with van der Waals surface area (Å²) in [6.45, 7) is 3.75. The zero-order valence-electron chi connectivity index (χ0n) is 13.9. The van der Waals surface area contributed by atoms with Gasteiger partial charge in [-0.3, -0.25) is 4.90 Å². The van der Waals surface area contributed by atoms with Crippen LogP contribution in [0.4, 0.5) is 0 Å². The topological polar surface area (TPSA) is 42.2 Å². The molecule has 0 spiro atoms. The molecule has 2 aromatic carbocycles. The molecule has 1 saturated carbocycles. The zero-order chi connectivity index (χ0) is 16.4. The van der Waals surface area contributed by atoms with E-state index in [-0.39, 0.29) is 0 Å². The van der Waals surface area contributed by atoms with Crippen LogP contribution in [-0.4, -0.2) is 21.1 Å². The largest absolute Gasteiger partial charge is 0.419 e. The Morgan fingerprint density at radius 3 is 2.42 bits per heavy atom. The number of rotatable bonds is 6. The SMILES string of the molecule is Cc1ccc(CN(Cc2nnc(-c3ccccc3)o2)C2CC2)cc1. The molecule has 0 radical (unpaired) electrons. The van der Waals surface area contributed by atoms with Crippen LogP contribution in [0, 0.1) is 6.92 Å². The van der Waals surface area contributed by atoms with Crippen LogP contribution in [0.15, 0.2) is 59.0 Å². The van der Waals surface area contributed by atoms with E-state index >= 15 is 0 Å². The first-order chi connectivity index (χ1) is 11.8. The molecular formula is C20H21N3O. The maximum Gasteiger partial charge on any atom is 0.247 e. The van der Waals surface area contributed by atoms with Crippen LogP contribution >= 0.6 is 0 Å². The average molecular weight is 319 g/mol. The third-order valence-corrected chi connectivity index (χ3v) is 4.40. The summed E-state index contributed by atoms with van der Waals surface area (Å²) in [4.78, 5) is 2.44. The van der Waals surface area contributed by atoms with Crippen molar-refractivity contribution in [3.05, 3.63) is 71.6 Å². The first-order valence-corrected chi connectivity index (χ1v) is 8.45. The Kier molecular flexibility index (Phi) is 4.13. The Hall–Kier alpha value is -2.46. The van der Waals surface area contributed by atoms with E-state index in [1.165, 1.54) is 24.0 Å². The van der Waals surface area contributed by atoms with E-state index in [0.717, 1.165) is 12.1 Å². The highest BCUT2D eigenvalue weighted by atomic mass is 16.4. The Balaban J connectivity index is 1.47. The summed E-state index contributed by atoms with van der Waals surface area (Å²) in [5.74, 6) is 1.28. The minimum absolute atomic E-state index is 0.594. The van der Waals surface area contributed by atoms with Crippen LogP contribution in [0.2, 0.25) is 0 Å². The minimum Gasteiger partial charge on any atom is -0.419 e. The number of benzene rings is 2. The van der Waals surface area contributed by atoms with Gasteiger partial charge in [0.05, 0.1) is 6.54 Å². The number of aryl methyl sites for hydroxylation is 1. The lowest BCUT2D eigenvalue weighted by Gasteiger charge is -2.20. The van der Waals surface area contributed by atoms with E-state index in [1.54, 1.807) is 0 Å². The van der Waals surface area contributed by atoms with E-state index in [1.807, 2.05) is 30.3 Å². The van der Waals surface area contributed by atoms with E-state index in [0.29, 0.717) is 24.4 Å². The lowest BCUT2D eigenvalue weighted by molar-refractivity contribution is 0.221. The van der Waals surface area contributed by atoms with Gasteiger partial charge in [0.1, 0.15) is 0 Å². The summed E-state index contributed by atoms with van der Waals surface area (Å²) in [5, 5.41) is 8.43. The van der Waals surface area contributed by atoms with Crippen LogP contribution in [0.25, 0.3) is 11.5 Å². The third kappa shape index (κ3) is 3.54. The maximum absolute atomic E-state index is 5.87. The van der Waals surface area contributed by atoms with Crippen molar-refractivity contribution in [3.8, 4) is 11.5 Å². The molecule has 3 aromatic rings. The van der Waals surface area contributed by atoms with Gasteiger partial charge >= 0.3 is 0 Å². The predicted octanol–water partition coefficient (Wildman–Crippen LogP) is 4.21. The van der Waals surface area contributed by atoms with Crippen molar-refractivity contribution in [1.29, 1.82) is 0 Å². The molecule has 0 N–H and O–H groups in total. The van der Waals surface area contributed by atoms with E-state index in [4.69, 9.17) is 4.42 Å². The summed E-state index contributed by atoms with van der Waals surface area (Å²) in [7, 11) is 0. The average Bonchev–Trinajstić information content (AvgIpc) is 3.36. The fourth-order valence-corrected chi connectivity index (χ4v) is 2.87. The van der Waals surface area contributed by atoms with Gasteiger partial charge in [0, 0.05) is 18.2 Å². The molecular weight excluding hydrogens is 298 g/mol. The van der Waals surface area contributed by atoms with E-state index in [2.05, 4.69) is 46.3 Å². The first kappa shape index (κ1) is 15.1. The molecule has 1 aliphatic rings. The molecule has 1 fully saturated rings. The quantitative estimate of drug-likeness (QED) is 0.682. The van der Waals surface area contributed by atoms with Crippen LogP contribution in [0.5, 0.6) is 0 Å². The fraction of sp³-hybridized carbons (Fsp3) is 0.300. The van der Waals surface area contributed by atoms with Crippen LogP contribution in [-0.2, 0) is 13.1 Å². The van der Waals surface area contributed by atoms with Gasteiger partial charge in [-0.05, 0) is 37.5 Å². The van der Waals surface area contributed by atoms with Gasteiger partial charge in [-0.25, -0.2) is 0 Å². The molecule has 0 amide bonds. The summed E-state index contributed by atoms with van der Waals surface area (Å²) in [6.07, 6.45) is 2.51. The van der Waals surface area contributed by atoms with Crippen molar-refractivity contribution >= 4 is 0 Å². The van der Waals surface area contributed by atoms with E-state index < -0.39 is 0 Å². The van der Waals surface area contributed by atoms with Gasteiger partial charge < -0.3 is 4.42 Å². The van der Waals surface area contributed by atoms with Gasteiger partial charge in [-0.15, -0.1) is 10.2 Å². The molecule has 4 rings (SSSR count). The summed E-state index contributed by atoms with van der Waals surface area (Å²) < 4.78 is 5.87. The lowest BCUT2D eigenvalue weighted by atomic mass is 10.1. The van der Waals surface area contributed by atoms with Crippen LogP contribution in [0.3, 0.4) is 0 Å². The van der Waals surface area contributed by atoms with Crippen LogP contribution in [0.1, 0.15) is 29.9 Å². The first-order valence-electron chi connectivity index (χ1n) is 8.45. The number of hydrogen-bond acceptors (Lipinski definition) is 4. The zero-order valence-corrected chi connectivity index (χ0v) is 13.9. The van der Waals surface area contributed by atoms with Crippen molar-refractivity contribution < 1.29 is 4.42 Å². The van der Waals surface area contributed by atoms with Gasteiger partial charge in [0.15, 0.2) is 0 Å². The van der Waals surface area contributed by atoms with Crippen LogP contribution < -0.4 is 0 Å². The molecule has 24 heavy (non-hydrogen) atoms. The molecule has 0 unspecified atom stereocenters. The number of hydrogen-bond donors (Lipinski definition) is 0. The fourth-order valence-electron chi connectivity index (χ4n) is 2.87. The van der Waals surface area contributed by atoms with Gasteiger partial charge in [0.2, 0.25) is 11.8 Å². The molecule has 0 saturated heterocycles. The Morgan fingerprint density at radius 1 is 0.958 bits per heavy atom. The van der Waals surface area contributed by atoms with Crippen molar-refractivity contribution in [2.75, 3.05) is 0 Å². The van der Waals surface area contributed by atoms with Gasteiger partial charge in [-0.2, -0.15) is 0 Å². The smallest absolute Gasteiger partial charge is 0.247 e. The van der Waals surface area contributed by atoms with Crippen molar-refractivity contribution in [2.24, 2.45) is 0 Å². The van der Waals surface area contributed by atoms with Gasteiger partial charge in [-0.1, -0.05) is 48.0 Å². The molecule has 1 aromatic heterocycles. The summed E-state index contributed by atoms with van der Waals surface area (Å²) in [5.41, 5.74) is 3.59. The highest BCUT2D eigenvalue weighted by Crippen LogP contribution is 2.30. The minimum atomic E-state index is 0.594.